The summed E-state index contributed by atoms with van der Waals surface area (Å²) in [6.07, 6.45) is 2.08. The van der Waals surface area contributed by atoms with Gasteiger partial charge in [0.15, 0.2) is 11.5 Å². The van der Waals surface area contributed by atoms with E-state index in [0.717, 1.165) is 5.56 Å². The van der Waals surface area contributed by atoms with E-state index < -0.39 is 12.1 Å². The summed E-state index contributed by atoms with van der Waals surface area (Å²) in [5.74, 6) is 0.0661. The molecule has 0 saturated heterocycles. The first kappa shape index (κ1) is 14.8. The highest BCUT2D eigenvalue weighted by Crippen LogP contribution is 2.25. The Morgan fingerprint density at radius 1 is 1.13 bits per heavy atom. The van der Waals surface area contributed by atoms with Gasteiger partial charge in [0.2, 0.25) is 6.10 Å². The van der Waals surface area contributed by atoms with Crippen LogP contribution in [0.3, 0.4) is 0 Å². The molecule has 2 aromatic heterocycles. The fraction of sp³-hybridized carbons (Fsp3) is 0.188. The quantitative estimate of drug-likeness (QED) is 0.683. The number of aromatic nitrogens is 4. The Hall–Kier alpha value is -3.09. The first-order valence-corrected chi connectivity index (χ1v) is 6.98. The Bertz CT molecular complexity index is 800. The monoisotopic (exact) mass is 310 g/mol. The van der Waals surface area contributed by atoms with Crippen molar-refractivity contribution in [2.45, 2.75) is 20.0 Å². The highest BCUT2D eigenvalue weighted by molar-refractivity contribution is 5.87. The van der Waals surface area contributed by atoms with E-state index in [1.165, 1.54) is 12.4 Å². The highest BCUT2D eigenvalue weighted by atomic mass is 16.6. The molecule has 7 heteroatoms. The third-order valence-electron chi connectivity index (χ3n) is 3.08. The van der Waals surface area contributed by atoms with E-state index in [0.29, 0.717) is 11.5 Å². The van der Waals surface area contributed by atoms with Crippen LogP contribution in [0.25, 0.3) is 0 Å². The van der Waals surface area contributed by atoms with Crippen LogP contribution in [0.5, 0.6) is 0 Å². The first-order chi connectivity index (χ1) is 11.1. The van der Waals surface area contributed by atoms with Gasteiger partial charge in [-0.05, 0) is 13.8 Å². The van der Waals surface area contributed by atoms with Gasteiger partial charge in [0.25, 0.3) is 5.89 Å². The number of hydrogen-bond donors (Lipinski definition) is 0. The Labute approximate surface area is 132 Å². The minimum Gasteiger partial charge on any atom is -0.442 e. The summed E-state index contributed by atoms with van der Waals surface area (Å²) in [5, 5.41) is 3.75. The molecule has 0 bridgehead atoms. The lowest BCUT2D eigenvalue weighted by Gasteiger charge is -2.14. The maximum Gasteiger partial charge on any atom is 0.359 e. The van der Waals surface area contributed by atoms with E-state index >= 15 is 0 Å². The lowest BCUT2D eigenvalue weighted by Crippen LogP contribution is -2.15. The van der Waals surface area contributed by atoms with Crippen LogP contribution in [-0.4, -0.2) is 26.1 Å². The molecule has 1 atom stereocenters. The smallest absolute Gasteiger partial charge is 0.359 e. The molecule has 116 valence electrons. The molecule has 3 aromatic rings. The van der Waals surface area contributed by atoms with Crippen LogP contribution in [0, 0.1) is 13.8 Å². The van der Waals surface area contributed by atoms with Crippen molar-refractivity contribution >= 4 is 5.97 Å². The zero-order valence-corrected chi connectivity index (χ0v) is 12.6. The standard InChI is InChI=1S/C16H14N4O3/c1-10-8-18-13(9-17-10)16(21)22-14(12-6-4-3-5-7-12)15-19-11(2)20-23-15/h3-9,14H,1-2H3. The van der Waals surface area contributed by atoms with Crippen molar-refractivity contribution in [2.75, 3.05) is 0 Å². The van der Waals surface area contributed by atoms with Gasteiger partial charge >= 0.3 is 5.97 Å². The van der Waals surface area contributed by atoms with Gasteiger partial charge < -0.3 is 9.26 Å². The molecule has 23 heavy (non-hydrogen) atoms. The number of rotatable bonds is 4. The predicted molar refractivity (Wildman–Crippen MR) is 79.5 cm³/mol. The fourth-order valence-electron chi connectivity index (χ4n) is 1.97. The van der Waals surface area contributed by atoms with Gasteiger partial charge in [0, 0.05) is 11.8 Å². The second kappa shape index (κ2) is 6.35. The summed E-state index contributed by atoms with van der Waals surface area (Å²) in [4.78, 5) is 24.5. The average molecular weight is 310 g/mol. The second-order valence-electron chi connectivity index (χ2n) is 4.92. The van der Waals surface area contributed by atoms with Gasteiger partial charge in [0.1, 0.15) is 0 Å². The molecule has 7 nitrogen and oxygen atoms in total. The van der Waals surface area contributed by atoms with Crippen LogP contribution < -0.4 is 0 Å². The van der Waals surface area contributed by atoms with Gasteiger partial charge in [-0.25, -0.2) is 9.78 Å². The summed E-state index contributed by atoms with van der Waals surface area (Å²) in [7, 11) is 0. The first-order valence-electron chi connectivity index (χ1n) is 6.98. The number of carbonyl (C=O) groups is 1. The maximum absolute atomic E-state index is 12.3. The molecule has 0 amide bonds. The fourth-order valence-corrected chi connectivity index (χ4v) is 1.97. The van der Waals surface area contributed by atoms with Crippen molar-refractivity contribution < 1.29 is 14.1 Å². The number of nitrogens with zero attached hydrogens (tertiary/aromatic N) is 4. The van der Waals surface area contributed by atoms with E-state index in [1.54, 1.807) is 13.8 Å². The number of ether oxygens (including phenoxy) is 1. The minimum absolute atomic E-state index is 0.118. The van der Waals surface area contributed by atoms with Gasteiger partial charge in [0.05, 0.1) is 11.9 Å². The Morgan fingerprint density at radius 3 is 2.52 bits per heavy atom. The van der Waals surface area contributed by atoms with Crippen molar-refractivity contribution in [1.29, 1.82) is 0 Å². The average Bonchev–Trinajstić information content (AvgIpc) is 3.00. The molecule has 0 fully saturated rings. The third-order valence-corrected chi connectivity index (χ3v) is 3.08. The third kappa shape index (κ3) is 3.39. The van der Waals surface area contributed by atoms with E-state index in [9.17, 15) is 4.79 Å². The molecule has 0 radical (unpaired) electrons. The number of benzene rings is 1. The summed E-state index contributed by atoms with van der Waals surface area (Å²) in [6, 6.07) is 9.18. The Kier molecular flexibility index (Phi) is 4.09. The van der Waals surface area contributed by atoms with E-state index in [-0.39, 0.29) is 11.6 Å². The van der Waals surface area contributed by atoms with Gasteiger partial charge in [-0.2, -0.15) is 4.98 Å². The molecule has 0 aliphatic heterocycles. The molecule has 0 spiro atoms. The van der Waals surface area contributed by atoms with Crippen molar-refractivity contribution in [1.82, 2.24) is 20.1 Å². The molecule has 1 unspecified atom stereocenters. The molecular weight excluding hydrogens is 296 g/mol. The largest absolute Gasteiger partial charge is 0.442 e. The lowest BCUT2D eigenvalue weighted by atomic mass is 10.1. The summed E-state index contributed by atoms with van der Waals surface area (Å²) >= 11 is 0. The molecule has 0 aliphatic carbocycles. The second-order valence-corrected chi connectivity index (χ2v) is 4.92. The summed E-state index contributed by atoms with van der Waals surface area (Å²) < 4.78 is 10.7. The normalized spacial score (nSPS) is 11.9. The molecule has 0 aliphatic rings. The van der Waals surface area contributed by atoms with Crippen LogP contribution in [0.4, 0.5) is 0 Å². The number of esters is 1. The number of carbonyl (C=O) groups excluding carboxylic acids is 1. The van der Waals surface area contributed by atoms with Crippen molar-refractivity contribution in [2.24, 2.45) is 0 Å². The topological polar surface area (TPSA) is 91.0 Å². The van der Waals surface area contributed by atoms with E-state index in [2.05, 4.69) is 20.1 Å². The van der Waals surface area contributed by atoms with Crippen LogP contribution in [0.1, 0.15) is 39.6 Å². The molecule has 3 rings (SSSR count). The Morgan fingerprint density at radius 2 is 1.91 bits per heavy atom. The number of hydrogen-bond acceptors (Lipinski definition) is 7. The van der Waals surface area contributed by atoms with Crippen molar-refractivity contribution in [3.05, 3.63) is 71.4 Å². The van der Waals surface area contributed by atoms with Gasteiger partial charge in [-0.15, -0.1) is 0 Å². The molecular formula is C16H14N4O3. The van der Waals surface area contributed by atoms with Gasteiger partial charge in [-0.1, -0.05) is 35.5 Å². The van der Waals surface area contributed by atoms with E-state index in [4.69, 9.17) is 9.26 Å². The van der Waals surface area contributed by atoms with Crippen molar-refractivity contribution in [3.8, 4) is 0 Å². The van der Waals surface area contributed by atoms with Crippen LogP contribution >= 0.6 is 0 Å². The molecule has 1 aromatic carbocycles. The maximum atomic E-state index is 12.3. The van der Waals surface area contributed by atoms with Crippen LogP contribution in [0.15, 0.2) is 47.2 Å². The van der Waals surface area contributed by atoms with Crippen LogP contribution in [0.2, 0.25) is 0 Å². The minimum atomic E-state index is -0.798. The zero-order valence-electron chi connectivity index (χ0n) is 12.6. The van der Waals surface area contributed by atoms with Crippen molar-refractivity contribution in [3.63, 3.8) is 0 Å². The lowest BCUT2D eigenvalue weighted by molar-refractivity contribution is 0.0307. The number of aryl methyl sites for hydroxylation is 2. The highest BCUT2D eigenvalue weighted by Gasteiger charge is 2.26. The zero-order chi connectivity index (χ0) is 16.2. The Balaban J connectivity index is 1.90. The molecule has 0 saturated carbocycles. The summed E-state index contributed by atoms with van der Waals surface area (Å²) in [5.41, 5.74) is 1.56. The van der Waals surface area contributed by atoms with E-state index in [1.807, 2.05) is 30.3 Å². The molecule has 2 heterocycles. The molecule has 0 N–H and O–H groups in total. The summed E-state index contributed by atoms with van der Waals surface area (Å²) in [6.45, 7) is 3.48. The SMILES string of the molecule is Cc1cnc(C(=O)OC(c2ccccc2)c2nc(C)no2)cn1. The predicted octanol–water partition coefficient (Wildman–Crippen LogP) is 2.42. The van der Waals surface area contributed by atoms with Gasteiger partial charge in [-0.3, -0.25) is 4.98 Å². The van der Waals surface area contributed by atoms with Crippen LogP contribution in [-0.2, 0) is 4.74 Å².